The predicted molar refractivity (Wildman–Crippen MR) is 81.1 cm³/mol. The Bertz CT molecular complexity index is 608. The molecule has 1 aromatic heterocycles. The van der Waals surface area contributed by atoms with Crippen LogP contribution < -0.4 is 5.32 Å². The van der Waals surface area contributed by atoms with Crippen LogP contribution in [0.4, 0.5) is 0 Å². The van der Waals surface area contributed by atoms with Gasteiger partial charge in [0.2, 0.25) is 0 Å². The van der Waals surface area contributed by atoms with E-state index in [0.717, 1.165) is 19.6 Å². The molecule has 1 aliphatic rings. The van der Waals surface area contributed by atoms with Crippen LogP contribution >= 0.6 is 0 Å². The van der Waals surface area contributed by atoms with Gasteiger partial charge in [-0.1, -0.05) is 30.3 Å². The Kier molecular flexibility index (Phi) is 4.01. The monoisotopic (exact) mass is 284 g/mol. The lowest BCUT2D eigenvalue weighted by atomic mass is 10.2. The number of piperazine rings is 1. The molecule has 5 heteroatoms. The number of aromatic nitrogens is 2. The van der Waals surface area contributed by atoms with Crippen molar-refractivity contribution in [1.29, 1.82) is 0 Å². The van der Waals surface area contributed by atoms with Gasteiger partial charge in [0.25, 0.3) is 5.91 Å². The van der Waals surface area contributed by atoms with Crippen molar-refractivity contribution in [3.8, 4) is 0 Å². The van der Waals surface area contributed by atoms with Gasteiger partial charge in [0.05, 0.1) is 18.3 Å². The quantitative estimate of drug-likeness (QED) is 0.926. The molecule has 0 saturated carbocycles. The standard InChI is InChI=1S/C16H20N4O/c1-13-9-17-7-8-20(13)16(21)15-10-18-19(12-15)11-14-5-3-2-4-6-14/h2-6,10,12-13,17H,7-9,11H2,1H3/t13-/m1/s1. The van der Waals surface area contributed by atoms with Crippen LogP contribution in [0.1, 0.15) is 22.8 Å². The van der Waals surface area contributed by atoms with Crippen molar-refractivity contribution < 1.29 is 4.79 Å². The van der Waals surface area contributed by atoms with Crippen LogP contribution in [-0.4, -0.2) is 46.3 Å². The summed E-state index contributed by atoms with van der Waals surface area (Å²) < 4.78 is 1.81. The molecular formula is C16H20N4O. The molecule has 0 unspecified atom stereocenters. The van der Waals surface area contributed by atoms with E-state index in [1.54, 1.807) is 6.20 Å². The highest BCUT2D eigenvalue weighted by Crippen LogP contribution is 2.11. The van der Waals surface area contributed by atoms with E-state index in [9.17, 15) is 4.79 Å². The second-order valence-electron chi connectivity index (χ2n) is 5.46. The van der Waals surface area contributed by atoms with Crippen LogP contribution in [0.15, 0.2) is 42.7 Å². The molecule has 0 spiro atoms. The van der Waals surface area contributed by atoms with E-state index in [2.05, 4.69) is 29.5 Å². The summed E-state index contributed by atoms with van der Waals surface area (Å²) in [6, 6.07) is 10.3. The lowest BCUT2D eigenvalue weighted by Crippen LogP contribution is -2.52. The summed E-state index contributed by atoms with van der Waals surface area (Å²) in [4.78, 5) is 14.4. The third-order valence-corrected chi connectivity index (χ3v) is 3.83. The molecule has 5 nitrogen and oxygen atoms in total. The number of rotatable bonds is 3. The van der Waals surface area contributed by atoms with E-state index in [-0.39, 0.29) is 11.9 Å². The fourth-order valence-corrected chi connectivity index (χ4v) is 2.64. The molecular weight excluding hydrogens is 264 g/mol. The molecule has 3 rings (SSSR count). The van der Waals surface area contributed by atoms with Crippen LogP contribution in [0.2, 0.25) is 0 Å². The Morgan fingerprint density at radius 3 is 2.95 bits per heavy atom. The molecule has 2 heterocycles. The summed E-state index contributed by atoms with van der Waals surface area (Å²) in [5.74, 6) is 0.0725. The third-order valence-electron chi connectivity index (χ3n) is 3.83. The molecule has 1 saturated heterocycles. The number of nitrogens with zero attached hydrogens (tertiary/aromatic N) is 3. The summed E-state index contributed by atoms with van der Waals surface area (Å²) in [7, 11) is 0. The molecule has 1 aliphatic heterocycles. The Labute approximate surface area is 124 Å². The maximum Gasteiger partial charge on any atom is 0.257 e. The summed E-state index contributed by atoms with van der Waals surface area (Å²) in [6.07, 6.45) is 3.50. The topological polar surface area (TPSA) is 50.2 Å². The SMILES string of the molecule is C[C@@H]1CNCCN1C(=O)c1cnn(Cc2ccccc2)c1. The van der Waals surface area contributed by atoms with E-state index in [1.807, 2.05) is 34.0 Å². The summed E-state index contributed by atoms with van der Waals surface area (Å²) in [5, 5.41) is 7.60. The van der Waals surface area contributed by atoms with Crippen molar-refractivity contribution in [2.24, 2.45) is 0 Å². The van der Waals surface area contributed by atoms with Gasteiger partial charge in [-0.3, -0.25) is 9.48 Å². The molecule has 1 atom stereocenters. The highest BCUT2D eigenvalue weighted by molar-refractivity contribution is 5.94. The van der Waals surface area contributed by atoms with E-state index < -0.39 is 0 Å². The molecule has 0 aliphatic carbocycles. The molecule has 21 heavy (non-hydrogen) atoms. The normalized spacial score (nSPS) is 18.7. The first-order chi connectivity index (χ1) is 10.2. The van der Waals surface area contributed by atoms with Crippen molar-refractivity contribution in [3.63, 3.8) is 0 Å². The lowest BCUT2D eigenvalue weighted by Gasteiger charge is -2.33. The van der Waals surface area contributed by atoms with Crippen LogP contribution in [-0.2, 0) is 6.54 Å². The minimum atomic E-state index is 0.0725. The maximum atomic E-state index is 12.5. The number of hydrogen-bond acceptors (Lipinski definition) is 3. The number of benzene rings is 1. The van der Waals surface area contributed by atoms with Crippen molar-refractivity contribution in [3.05, 3.63) is 53.9 Å². The minimum Gasteiger partial charge on any atom is -0.333 e. The fraction of sp³-hybridized carbons (Fsp3) is 0.375. The molecule has 110 valence electrons. The van der Waals surface area contributed by atoms with Crippen molar-refractivity contribution in [1.82, 2.24) is 20.0 Å². The van der Waals surface area contributed by atoms with Crippen molar-refractivity contribution in [2.75, 3.05) is 19.6 Å². The first-order valence-electron chi connectivity index (χ1n) is 7.32. The van der Waals surface area contributed by atoms with E-state index in [0.29, 0.717) is 12.1 Å². The molecule has 1 fully saturated rings. The maximum absolute atomic E-state index is 12.5. The average Bonchev–Trinajstić information content (AvgIpc) is 2.97. The van der Waals surface area contributed by atoms with Gasteiger partial charge in [-0.2, -0.15) is 5.10 Å². The molecule has 0 bridgehead atoms. The van der Waals surface area contributed by atoms with Gasteiger partial charge in [-0.15, -0.1) is 0 Å². The minimum absolute atomic E-state index is 0.0725. The van der Waals surface area contributed by atoms with E-state index in [1.165, 1.54) is 5.56 Å². The zero-order chi connectivity index (χ0) is 14.7. The number of nitrogens with one attached hydrogen (secondary N) is 1. The number of amides is 1. The van der Waals surface area contributed by atoms with Crippen molar-refractivity contribution in [2.45, 2.75) is 19.5 Å². The summed E-state index contributed by atoms with van der Waals surface area (Å²) >= 11 is 0. The molecule has 1 amide bonds. The Morgan fingerprint density at radius 1 is 1.38 bits per heavy atom. The van der Waals surface area contributed by atoms with Gasteiger partial charge in [0.1, 0.15) is 0 Å². The molecule has 0 radical (unpaired) electrons. The van der Waals surface area contributed by atoms with Crippen LogP contribution in [0, 0.1) is 0 Å². The number of carbonyl (C=O) groups excluding carboxylic acids is 1. The average molecular weight is 284 g/mol. The van der Waals surface area contributed by atoms with Crippen LogP contribution in [0.5, 0.6) is 0 Å². The van der Waals surface area contributed by atoms with Gasteiger partial charge < -0.3 is 10.2 Å². The lowest BCUT2D eigenvalue weighted by molar-refractivity contribution is 0.0655. The highest BCUT2D eigenvalue weighted by Gasteiger charge is 2.24. The zero-order valence-corrected chi connectivity index (χ0v) is 12.2. The Balaban J connectivity index is 1.71. The summed E-state index contributed by atoms with van der Waals surface area (Å²) in [6.45, 7) is 5.21. The van der Waals surface area contributed by atoms with Gasteiger partial charge in [0.15, 0.2) is 0 Å². The van der Waals surface area contributed by atoms with Crippen LogP contribution in [0.25, 0.3) is 0 Å². The third kappa shape index (κ3) is 3.13. The number of carbonyl (C=O) groups is 1. The molecule has 1 aromatic carbocycles. The fourth-order valence-electron chi connectivity index (χ4n) is 2.64. The van der Waals surface area contributed by atoms with E-state index in [4.69, 9.17) is 0 Å². The predicted octanol–water partition coefficient (Wildman–Crippen LogP) is 1.37. The zero-order valence-electron chi connectivity index (χ0n) is 12.2. The van der Waals surface area contributed by atoms with Gasteiger partial charge >= 0.3 is 0 Å². The second-order valence-corrected chi connectivity index (χ2v) is 5.46. The molecule has 1 N–H and O–H groups in total. The Morgan fingerprint density at radius 2 is 2.19 bits per heavy atom. The van der Waals surface area contributed by atoms with Gasteiger partial charge in [-0.05, 0) is 12.5 Å². The van der Waals surface area contributed by atoms with Gasteiger partial charge in [-0.25, -0.2) is 0 Å². The largest absolute Gasteiger partial charge is 0.333 e. The molecule has 2 aromatic rings. The number of hydrogen-bond donors (Lipinski definition) is 1. The Hall–Kier alpha value is -2.14. The second kappa shape index (κ2) is 6.10. The first kappa shape index (κ1) is 13.8. The van der Waals surface area contributed by atoms with Crippen molar-refractivity contribution >= 4 is 5.91 Å². The highest BCUT2D eigenvalue weighted by atomic mass is 16.2. The van der Waals surface area contributed by atoms with Gasteiger partial charge in [0, 0.05) is 31.9 Å². The smallest absolute Gasteiger partial charge is 0.257 e. The van der Waals surface area contributed by atoms with Crippen LogP contribution in [0.3, 0.4) is 0 Å². The van der Waals surface area contributed by atoms with E-state index >= 15 is 0 Å². The first-order valence-corrected chi connectivity index (χ1v) is 7.32. The summed E-state index contributed by atoms with van der Waals surface area (Å²) in [5.41, 5.74) is 1.84.